The van der Waals surface area contributed by atoms with E-state index in [2.05, 4.69) is 10.3 Å². The highest BCUT2D eigenvalue weighted by Gasteiger charge is 2.29. The molecule has 6 nitrogen and oxygen atoms in total. The number of hydrogen-bond donors (Lipinski definition) is 1. The van der Waals surface area contributed by atoms with Crippen molar-refractivity contribution >= 4 is 28.8 Å². The van der Waals surface area contributed by atoms with Crippen LogP contribution in [0, 0.1) is 5.95 Å². The highest BCUT2D eigenvalue weighted by molar-refractivity contribution is 8.14. The van der Waals surface area contributed by atoms with Crippen LogP contribution < -0.4 is 5.32 Å². The molecule has 1 aliphatic rings. The second-order valence-corrected chi connectivity index (χ2v) is 4.63. The molecule has 0 unspecified atom stereocenters. The van der Waals surface area contributed by atoms with E-state index in [9.17, 15) is 18.8 Å². The third kappa shape index (κ3) is 3.28. The minimum atomic E-state index is -0.742. The summed E-state index contributed by atoms with van der Waals surface area (Å²) in [4.78, 5) is 38.6. The molecular weight excluding hydrogens is 273 g/mol. The topological polar surface area (TPSA) is 79.4 Å². The highest BCUT2D eigenvalue weighted by Crippen LogP contribution is 2.17. The van der Waals surface area contributed by atoms with Crippen molar-refractivity contribution in [2.75, 3.05) is 18.8 Å². The van der Waals surface area contributed by atoms with Gasteiger partial charge < -0.3 is 5.32 Å². The van der Waals surface area contributed by atoms with E-state index in [0.29, 0.717) is 0 Å². The maximum atomic E-state index is 12.8. The molecule has 100 valence electrons. The van der Waals surface area contributed by atoms with Crippen molar-refractivity contribution < 1.29 is 18.8 Å². The van der Waals surface area contributed by atoms with Crippen LogP contribution in [0.4, 0.5) is 9.18 Å². The number of nitrogens with one attached hydrogen (secondary N) is 1. The zero-order valence-electron chi connectivity index (χ0n) is 9.76. The predicted molar refractivity (Wildman–Crippen MR) is 66.1 cm³/mol. The molecule has 1 N–H and O–H groups in total. The number of imide groups is 1. The third-order valence-electron chi connectivity index (χ3n) is 2.41. The summed E-state index contributed by atoms with van der Waals surface area (Å²) in [6, 6.07) is 3.89. The number of hydrogen-bond acceptors (Lipinski definition) is 5. The normalized spacial score (nSPS) is 14.9. The van der Waals surface area contributed by atoms with Crippen molar-refractivity contribution in [1.82, 2.24) is 15.2 Å². The Kier molecular flexibility index (Phi) is 4.10. The van der Waals surface area contributed by atoms with Crippen LogP contribution >= 0.6 is 11.8 Å². The quantitative estimate of drug-likeness (QED) is 0.821. The maximum absolute atomic E-state index is 12.8. The van der Waals surface area contributed by atoms with Crippen LogP contribution in [0.15, 0.2) is 18.2 Å². The number of carbonyl (C=O) groups excluding carboxylic acids is 3. The molecule has 1 aliphatic heterocycles. The molecular formula is C11H10FN3O3S. The highest BCUT2D eigenvalue weighted by atomic mass is 32.2. The van der Waals surface area contributed by atoms with Gasteiger partial charge >= 0.3 is 0 Å². The molecule has 2 rings (SSSR count). The summed E-state index contributed by atoms with van der Waals surface area (Å²) in [5, 5.41) is 2.15. The standard InChI is InChI=1S/C11H10FN3O3S/c12-8-3-1-2-7(14-8)10(17)13-4-5-15-9(16)6-19-11(15)18/h1-3H,4-6H2,(H,13,17). The number of rotatable bonds is 4. The average Bonchev–Trinajstić information content (AvgIpc) is 2.70. The average molecular weight is 283 g/mol. The monoisotopic (exact) mass is 283 g/mol. The van der Waals surface area contributed by atoms with Crippen molar-refractivity contribution in [3.05, 3.63) is 29.8 Å². The number of nitrogens with zero attached hydrogens (tertiary/aromatic N) is 2. The van der Waals surface area contributed by atoms with Gasteiger partial charge in [-0.25, -0.2) is 4.98 Å². The molecule has 0 aromatic carbocycles. The van der Waals surface area contributed by atoms with Gasteiger partial charge in [0.05, 0.1) is 5.75 Å². The molecule has 1 aromatic rings. The first-order valence-electron chi connectivity index (χ1n) is 5.46. The Hall–Kier alpha value is -1.96. The second kappa shape index (κ2) is 5.79. The predicted octanol–water partition coefficient (Wildman–Crippen LogP) is 0.646. The zero-order chi connectivity index (χ0) is 13.8. The van der Waals surface area contributed by atoms with E-state index >= 15 is 0 Å². The molecule has 0 spiro atoms. The Morgan fingerprint density at radius 2 is 2.26 bits per heavy atom. The molecule has 1 fully saturated rings. The van der Waals surface area contributed by atoms with E-state index in [-0.39, 0.29) is 35.7 Å². The minimum Gasteiger partial charge on any atom is -0.349 e. The Balaban J connectivity index is 1.84. The molecule has 0 saturated carbocycles. The Morgan fingerprint density at radius 3 is 2.89 bits per heavy atom. The van der Waals surface area contributed by atoms with Gasteiger partial charge in [0, 0.05) is 13.1 Å². The van der Waals surface area contributed by atoms with Gasteiger partial charge in [-0.1, -0.05) is 17.8 Å². The Labute approximate surface area is 112 Å². The van der Waals surface area contributed by atoms with E-state index in [0.717, 1.165) is 22.7 Å². The van der Waals surface area contributed by atoms with E-state index < -0.39 is 11.9 Å². The number of aromatic nitrogens is 1. The minimum absolute atomic E-state index is 0.0477. The molecule has 0 aliphatic carbocycles. The first-order chi connectivity index (χ1) is 9.08. The van der Waals surface area contributed by atoms with E-state index in [1.165, 1.54) is 12.1 Å². The van der Waals surface area contributed by atoms with Crippen LogP contribution in [0.3, 0.4) is 0 Å². The Bertz CT molecular complexity index is 522. The van der Waals surface area contributed by atoms with E-state index in [4.69, 9.17) is 0 Å². The van der Waals surface area contributed by atoms with Gasteiger partial charge in [-0.15, -0.1) is 0 Å². The van der Waals surface area contributed by atoms with Crippen molar-refractivity contribution in [3.63, 3.8) is 0 Å². The van der Waals surface area contributed by atoms with Gasteiger partial charge in [-0.05, 0) is 12.1 Å². The fourth-order valence-corrected chi connectivity index (χ4v) is 2.26. The van der Waals surface area contributed by atoms with Gasteiger partial charge in [0.15, 0.2) is 0 Å². The molecule has 1 saturated heterocycles. The largest absolute Gasteiger partial charge is 0.349 e. The summed E-state index contributed by atoms with van der Waals surface area (Å²) in [5.74, 6) is -1.42. The fourth-order valence-electron chi connectivity index (χ4n) is 1.50. The number of thioether (sulfide) groups is 1. The van der Waals surface area contributed by atoms with Crippen molar-refractivity contribution in [2.45, 2.75) is 0 Å². The fraction of sp³-hybridized carbons (Fsp3) is 0.273. The SMILES string of the molecule is O=C(NCCN1C(=O)CSC1=O)c1cccc(F)n1. The number of carbonyl (C=O) groups is 3. The lowest BCUT2D eigenvalue weighted by atomic mass is 10.3. The smallest absolute Gasteiger partial charge is 0.288 e. The summed E-state index contributed by atoms with van der Waals surface area (Å²) in [5.41, 5.74) is -0.0477. The molecule has 2 heterocycles. The second-order valence-electron chi connectivity index (χ2n) is 3.70. The maximum Gasteiger partial charge on any atom is 0.288 e. The van der Waals surface area contributed by atoms with Crippen molar-refractivity contribution in [1.29, 1.82) is 0 Å². The van der Waals surface area contributed by atoms with Crippen LogP contribution in [-0.4, -0.2) is 45.8 Å². The number of halogens is 1. The summed E-state index contributed by atoms with van der Waals surface area (Å²) in [6.45, 7) is 0.209. The molecule has 0 radical (unpaired) electrons. The van der Waals surface area contributed by atoms with Gasteiger partial charge in [0.25, 0.3) is 11.1 Å². The molecule has 8 heteroatoms. The Morgan fingerprint density at radius 1 is 1.47 bits per heavy atom. The molecule has 3 amide bonds. The van der Waals surface area contributed by atoms with Crippen LogP contribution in [0.25, 0.3) is 0 Å². The number of pyridine rings is 1. The summed E-state index contributed by atoms with van der Waals surface area (Å²) in [7, 11) is 0. The van der Waals surface area contributed by atoms with Gasteiger partial charge in [0.1, 0.15) is 5.69 Å². The van der Waals surface area contributed by atoms with Gasteiger partial charge in [0.2, 0.25) is 11.9 Å². The van der Waals surface area contributed by atoms with E-state index in [1.54, 1.807) is 0 Å². The molecule has 0 atom stereocenters. The van der Waals surface area contributed by atoms with Crippen LogP contribution in [0.1, 0.15) is 10.5 Å². The van der Waals surface area contributed by atoms with Gasteiger partial charge in [-0.2, -0.15) is 4.39 Å². The lowest BCUT2D eigenvalue weighted by Crippen LogP contribution is -2.37. The molecule has 1 aromatic heterocycles. The van der Waals surface area contributed by atoms with Crippen molar-refractivity contribution in [2.24, 2.45) is 0 Å². The van der Waals surface area contributed by atoms with Crippen molar-refractivity contribution in [3.8, 4) is 0 Å². The summed E-state index contributed by atoms with van der Waals surface area (Å²) in [6.07, 6.45) is 0. The van der Waals surface area contributed by atoms with E-state index in [1.807, 2.05) is 0 Å². The van der Waals surface area contributed by atoms with Crippen LogP contribution in [-0.2, 0) is 4.79 Å². The first kappa shape index (κ1) is 13.5. The first-order valence-corrected chi connectivity index (χ1v) is 6.44. The lowest BCUT2D eigenvalue weighted by molar-refractivity contribution is -0.124. The molecule has 0 bridgehead atoms. The van der Waals surface area contributed by atoms with Crippen LogP contribution in [0.5, 0.6) is 0 Å². The third-order valence-corrected chi connectivity index (χ3v) is 3.27. The number of amides is 3. The lowest BCUT2D eigenvalue weighted by Gasteiger charge is -2.12. The summed E-state index contributed by atoms with van der Waals surface area (Å²) < 4.78 is 12.8. The zero-order valence-corrected chi connectivity index (χ0v) is 10.6. The van der Waals surface area contributed by atoms with Gasteiger partial charge in [-0.3, -0.25) is 19.3 Å². The molecule has 19 heavy (non-hydrogen) atoms. The van der Waals surface area contributed by atoms with Crippen LogP contribution in [0.2, 0.25) is 0 Å². The summed E-state index contributed by atoms with van der Waals surface area (Å²) >= 11 is 0.933.